The van der Waals surface area contributed by atoms with Crippen molar-refractivity contribution in [2.75, 3.05) is 0 Å². The highest BCUT2D eigenvalue weighted by Gasteiger charge is 2.05. The minimum Gasteiger partial charge on any atom is -0.272 e. The monoisotopic (exact) mass is 323 g/mol. The van der Waals surface area contributed by atoms with Crippen LogP contribution in [0.1, 0.15) is 5.56 Å². The standard InChI is InChI=1S/C18H14ClN3O/c19-17-9-5-4-6-14(17)12-18(23)21-15-10-11-22(20-13-15)16-7-2-1-3-8-16/h1-11,13H,12H2/b21-15-. The SMILES string of the molecule is O=C(Cc1ccccc1Cl)/N=c1/ccn(-c2ccccc2)nc1. The molecule has 1 aromatic heterocycles. The number of benzene rings is 2. The zero-order valence-electron chi connectivity index (χ0n) is 12.3. The number of halogens is 1. The average molecular weight is 324 g/mol. The van der Waals surface area contributed by atoms with E-state index in [-0.39, 0.29) is 12.3 Å². The van der Waals surface area contributed by atoms with Gasteiger partial charge in [-0.2, -0.15) is 5.10 Å². The summed E-state index contributed by atoms with van der Waals surface area (Å²) >= 11 is 6.05. The molecule has 0 atom stereocenters. The van der Waals surface area contributed by atoms with Gasteiger partial charge in [-0.1, -0.05) is 48.0 Å². The summed E-state index contributed by atoms with van der Waals surface area (Å²) in [5, 5.41) is 5.37. The average Bonchev–Trinajstić information content (AvgIpc) is 2.58. The van der Waals surface area contributed by atoms with Crippen LogP contribution in [0.2, 0.25) is 5.02 Å². The molecule has 114 valence electrons. The Hall–Kier alpha value is -2.72. The third-order valence-corrected chi connectivity index (χ3v) is 3.64. The van der Waals surface area contributed by atoms with Crippen molar-refractivity contribution >= 4 is 17.5 Å². The van der Waals surface area contributed by atoms with Crippen molar-refractivity contribution in [3.8, 4) is 5.69 Å². The van der Waals surface area contributed by atoms with E-state index < -0.39 is 0 Å². The Morgan fingerprint density at radius 2 is 1.78 bits per heavy atom. The van der Waals surface area contributed by atoms with Crippen LogP contribution in [0.5, 0.6) is 0 Å². The first-order chi connectivity index (χ1) is 11.2. The largest absolute Gasteiger partial charge is 0.272 e. The number of para-hydroxylation sites is 1. The molecule has 0 radical (unpaired) electrons. The van der Waals surface area contributed by atoms with Crippen molar-refractivity contribution in [3.05, 3.63) is 89.0 Å². The van der Waals surface area contributed by atoms with Crippen LogP contribution in [0.15, 0.2) is 78.0 Å². The number of amides is 1. The molecule has 3 aromatic rings. The van der Waals surface area contributed by atoms with Gasteiger partial charge in [0.1, 0.15) is 0 Å². The second-order valence-corrected chi connectivity index (χ2v) is 5.35. The summed E-state index contributed by atoms with van der Waals surface area (Å²) in [7, 11) is 0. The summed E-state index contributed by atoms with van der Waals surface area (Å²) in [4.78, 5) is 16.1. The second-order valence-electron chi connectivity index (χ2n) is 4.94. The molecular formula is C18H14ClN3O. The fourth-order valence-corrected chi connectivity index (χ4v) is 2.34. The molecule has 0 bridgehead atoms. The van der Waals surface area contributed by atoms with E-state index in [1.54, 1.807) is 29.2 Å². The minimum absolute atomic E-state index is 0.174. The Kier molecular flexibility index (Phi) is 4.64. The molecule has 2 aromatic carbocycles. The summed E-state index contributed by atoms with van der Waals surface area (Å²) in [5.41, 5.74) is 1.72. The maximum absolute atomic E-state index is 12.0. The summed E-state index contributed by atoms with van der Waals surface area (Å²) in [6.07, 6.45) is 3.52. The summed E-state index contributed by atoms with van der Waals surface area (Å²) in [6.45, 7) is 0. The van der Waals surface area contributed by atoms with Gasteiger partial charge in [0.2, 0.25) is 0 Å². The number of carbonyl (C=O) groups is 1. The van der Waals surface area contributed by atoms with E-state index >= 15 is 0 Å². The lowest BCUT2D eigenvalue weighted by Gasteiger charge is -2.03. The van der Waals surface area contributed by atoms with Crippen LogP contribution in [0.25, 0.3) is 5.69 Å². The van der Waals surface area contributed by atoms with Crippen molar-refractivity contribution in [1.82, 2.24) is 9.78 Å². The molecule has 0 N–H and O–H groups in total. The van der Waals surface area contributed by atoms with Crippen molar-refractivity contribution in [2.24, 2.45) is 4.99 Å². The first-order valence-electron chi connectivity index (χ1n) is 7.14. The number of hydrogen-bond donors (Lipinski definition) is 0. The molecule has 4 nitrogen and oxygen atoms in total. The maximum Gasteiger partial charge on any atom is 0.250 e. The summed E-state index contributed by atoms with van der Waals surface area (Å²) in [5.74, 6) is -0.252. The highest BCUT2D eigenvalue weighted by Crippen LogP contribution is 2.15. The Morgan fingerprint density at radius 3 is 2.48 bits per heavy atom. The molecule has 0 aliphatic carbocycles. The number of hydrogen-bond acceptors (Lipinski definition) is 2. The van der Waals surface area contributed by atoms with E-state index in [9.17, 15) is 4.79 Å². The maximum atomic E-state index is 12.0. The van der Waals surface area contributed by atoms with Gasteiger partial charge < -0.3 is 0 Å². The lowest BCUT2D eigenvalue weighted by Crippen LogP contribution is -2.12. The zero-order valence-corrected chi connectivity index (χ0v) is 13.0. The Bertz CT molecular complexity index is 868. The van der Waals surface area contributed by atoms with Gasteiger partial charge >= 0.3 is 0 Å². The quantitative estimate of drug-likeness (QED) is 0.743. The highest BCUT2D eigenvalue weighted by molar-refractivity contribution is 6.31. The van der Waals surface area contributed by atoms with Crippen LogP contribution in [-0.2, 0) is 11.2 Å². The predicted molar refractivity (Wildman–Crippen MR) is 89.3 cm³/mol. The van der Waals surface area contributed by atoms with Crippen molar-refractivity contribution in [1.29, 1.82) is 0 Å². The van der Waals surface area contributed by atoms with E-state index in [4.69, 9.17) is 11.6 Å². The predicted octanol–water partition coefficient (Wildman–Crippen LogP) is 3.20. The van der Waals surface area contributed by atoms with Crippen LogP contribution >= 0.6 is 11.6 Å². The number of carbonyl (C=O) groups excluding carboxylic acids is 1. The van der Waals surface area contributed by atoms with Gasteiger partial charge in [0.05, 0.1) is 23.7 Å². The van der Waals surface area contributed by atoms with Crippen LogP contribution < -0.4 is 5.36 Å². The minimum atomic E-state index is -0.252. The van der Waals surface area contributed by atoms with Gasteiger partial charge in [0, 0.05) is 11.2 Å². The highest BCUT2D eigenvalue weighted by atomic mass is 35.5. The van der Waals surface area contributed by atoms with Crippen LogP contribution in [0.3, 0.4) is 0 Å². The topological polar surface area (TPSA) is 47.2 Å². The first kappa shape index (κ1) is 15.2. The van der Waals surface area contributed by atoms with Crippen LogP contribution in [-0.4, -0.2) is 15.7 Å². The van der Waals surface area contributed by atoms with E-state index in [0.29, 0.717) is 10.4 Å². The molecule has 1 amide bonds. The Labute approximate surface area is 138 Å². The van der Waals surface area contributed by atoms with Gasteiger partial charge in [-0.15, -0.1) is 0 Å². The van der Waals surface area contributed by atoms with Crippen molar-refractivity contribution in [2.45, 2.75) is 6.42 Å². The van der Waals surface area contributed by atoms with E-state index in [1.807, 2.05) is 48.5 Å². The number of nitrogens with zero attached hydrogens (tertiary/aromatic N) is 3. The molecule has 0 unspecified atom stereocenters. The lowest BCUT2D eigenvalue weighted by molar-refractivity contribution is -0.117. The third-order valence-electron chi connectivity index (χ3n) is 3.27. The van der Waals surface area contributed by atoms with Crippen LogP contribution in [0.4, 0.5) is 0 Å². The normalized spacial score (nSPS) is 11.4. The molecule has 5 heteroatoms. The number of aromatic nitrogens is 2. The Balaban J connectivity index is 1.78. The Morgan fingerprint density at radius 1 is 1.04 bits per heavy atom. The van der Waals surface area contributed by atoms with Crippen molar-refractivity contribution < 1.29 is 4.79 Å². The molecule has 3 rings (SSSR count). The molecule has 0 aliphatic heterocycles. The molecule has 0 spiro atoms. The lowest BCUT2D eigenvalue weighted by atomic mass is 10.1. The zero-order chi connectivity index (χ0) is 16.1. The smallest absolute Gasteiger partial charge is 0.250 e. The molecule has 0 saturated heterocycles. The van der Waals surface area contributed by atoms with Crippen LogP contribution in [0, 0.1) is 0 Å². The van der Waals surface area contributed by atoms with E-state index in [1.165, 1.54) is 0 Å². The molecule has 0 fully saturated rings. The number of rotatable bonds is 3. The van der Waals surface area contributed by atoms with Gasteiger partial charge in [0.25, 0.3) is 5.91 Å². The first-order valence-corrected chi connectivity index (χ1v) is 7.51. The second kappa shape index (κ2) is 7.03. The third kappa shape index (κ3) is 3.93. The molecular weight excluding hydrogens is 310 g/mol. The van der Waals surface area contributed by atoms with Gasteiger partial charge in [0.15, 0.2) is 0 Å². The molecule has 1 heterocycles. The summed E-state index contributed by atoms with van der Waals surface area (Å²) < 4.78 is 1.72. The molecule has 0 saturated carbocycles. The van der Waals surface area contributed by atoms with Gasteiger partial charge in [-0.25, -0.2) is 9.67 Å². The van der Waals surface area contributed by atoms with Gasteiger partial charge in [-0.05, 0) is 29.8 Å². The molecule has 0 aliphatic rings. The van der Waals surface area contributed by atoms with Crippen molar-refractivity contribution in [3.63, 3.8) is 0 Å². The molecule has 23 heavy (non-hydrogen) atoms. The summed E-state index contributed by atoms with van der Waals surface area (Å²) in [6, 6.07) is 18.7. The van der Waals surface area contributed by atoms with E-state index in [0.717, 1.165) is 11.3 Å². The van der Waals surface area contributed by atoms with E-state index in [2.05, 4.69) is 10.1 Å². The fraction of sp³-hybridized carbons (Fsp3) is 0.0556. The van der Waals surface area contributed by atoms with Gasteiger partial charge in [-0.3, -0.25) is 4.79 Å². The fourth-order valence-electron chi connectivity index (χ4n) is 2.14.